The maximum Gasteiger partial charge on any atom is 0.191 e. The van der Waals surface area contributed by atoms with Gasteiger partial charge in [-0.2, -0.15) is 0 Å². The van der Waals surface area contributed by atoms with E-state index in [0.29, 0.717) is 18.4 Å². The van der Waals surface area contributed by atoms with Gasteiger partial charge in [0.2, 0.25) is 0 Å². The molecular weight excluding hydrogens is 391 g/mol. The van der Waals surface area contributed by atoms with Gasteiger partial charge >= 0.3 is 0 Å². The van der Waals surface area contributed by atoms with Gasteiger partial charge in [-0.15, -0.1) is 24.0 Å². The lowest BCUT2D eigenvalue weighted by atomic mass is 10.3. The Labute approximate surface area is 139 Å². The summed E-state index contributed by atoms with van der Waals surface area (Å²) in [5.41, 5.74) is 0. The minimum absolute atomic E-state index is 0. The second-order valence-electron chi connectivity index (χ2n) is 5.32. The van der Waals surface area contributed by atoms with Crippen molar-refractivity contribution in [3.63, 3.8) is 0 Å². The lowest BCUT2D eigenvalue weighted by Gasteiger charge is -2.22. The van der Waals surface area contributed by atoms with Crippen LogP contribution in [0.1, 0.15) is 20.3 Å². The van der Waals surface area contributed by atoms with Crippen molar-refractivity contribution in [2.24, 2.45) is 4.99 Å². The van der Waals surface area contributed by atoms with Crippen LogP contribution in [0.15, 0.2) is 4.99 Å². The third-order valence-corrected chi connectivity index (χ3v) is 5.20. The first-order valence-corrected chi connectivity index (χ1v) is 8.54. The van der Waals surface area contributed by atoms with Gasteiger partial charge in [-0.25, -0.2) is 8.42 Å². The molecule has 1 unspecified atom stereocenters. The summed E-state index contributed by atoms with van der Waals surface area (Å²) in [5.74, 6) is 1.16. The van der Waals surface area contributed by atoms with E-state index in [4.69, 9.17) is 0 Å². The summed E-state index contributed by atoms with van der Waals surface area (Å²) in [6.07, 6.45) is 0.662. The number of hydrogen-bond donors (Lipinski definition) is 2. The van der Waals surface area contributed by atoms with Crippen LogP contribution in [0.5, 0.6) is 0 Å². The highest BCUT2D eigenvalue weighted by Crippen LogP contribution is 2.10. The van der Waals surface area contributed by atoms with Gasteiger partial charge < -0.3 is 15.5 Å². The number of rotatable bonds is 5. The van der Waals surface area contributed by atoms with E-state index in [0.717, 1.165) is 13.1 Å². The zero-order valence-electron chi connectivity index (χ0n) is 12.7. The van der Waals surface area contributed by atoms with Crippen molar-refractivity contribution in [1.29, 1.82) is 0 Å². The maximum atomic E-state index is 11.4. The largest absolute Gasteiger partial charge is 0.355 e. The molecule has 1 saturated heterocycles. The molecule has 0 amide bonds. The van der Waals surface area contributed by atoms with Gasteiger partial charge in [-0.05, 0) is 27.3 Å². The molecule has 8 heteroatoms. The summed E-state index contributed by atoms with van der Waals surface area (Å²) in [6.45, 7) is 6.00. The Morgan fingerprint density at radius 1 is 1.45 bits per heavy atom. The lowest BCUT2D eigenvalue weighted by Crippen LogP contribution is -2.46. The number of guanidine groups is 1. The average molecular weight is 418 g/mol. The quantitative estimate of drug-likeness (QED) is 0.382. The standard InChI is InChI=1S/C12H26N4O2S.HI/c1-10(2)16(4)7-6-14-12(13-3)15-11-5-8-19(17,18)9-11;/h10-11H,5-9H2,1-4H3,(H2,13,14,15);1H. The molecule has 0 aliphatic carbocycles. The Hall–Kier alpha value is -0.0900. The summed E-state index contributed by atoms with van der Waals surface area (Å²) in [7, 11) is 0.927. The summed E-state index contributed by atoms with van der Waals surface area (Å²) in [6, 6.07) is 0.496. The minimum Gasteiger partial charge on any atom is -0.355 e. The zero-order chi connectivity index (χ0) is 14.5. The van der Waals surface area contributed by atoms with Crippen LogP contribution >= 0.6 is 24.0 Å². The highest BCUT2D eigenvalue weighted by molar-refractivity contribution is 14.0. The number of nitrogens with one attached hydrogen (secondary N) is 2. The first-order valence-electron chi connectivity index (χ1n) is 6.72. The average Bonchev–Trinajstić information content (AvgIpc) is 2.67. The van der Waals surface area contributed by atoms with E-state index >= 15 is 0 Å². The van der Waals surface area contributed by atoms with Crippen LogP contribution in [0.25, 0.3) is 0 Å². The normalized spacial score (nSPS) is 21.9. The molecule has 0 saturated carbocycles. The van der Waals surface area contributed by atoms with Gasteiger partial charge in [0.25, 0.3) is 0 Å². The number of halogens is 1. The number of aliphatic imine (C=N–C) groups is 1. The lowest BCUT2D eigenvalue weighted by molar-refractivity contribution is 0.278. The molecule has 1 aliphatic heterocycles. The zero-order valence-corrected chi connectivity index (χ0v) is 15.9. The molecule has 1 fully saturated rings. The fourth-order valence-corrected chi connectivity index (χ4v) is 3.58. The molecule has 1 atom stereocenters. The molecule has 0 aromatic heterocycles. The minimum atomic E-state index is -2.85. The van der Waals surface area contributed by atoms with Gasteiger partial charge in [0.1, 0.15) is 0 Å². The van der Waals surface area contributed by atoms with Crippen molar-refractivity contribution in [2.45, 2.75) is 32.4 Å². The van der Waals surface area contributed by atoms with Crippen molar-refractivity contribution < 1.29 is 8.42 Å². The van der Waals surface area contributed by atoms with E-state index in [1.807, 2.05) is 0 Å². The van der Waals surface area contributed by atoms with Crippen molar-refractivity contribution in [1.82, 2.24) is 15.5 Å². The fourth-order valence-electron chi connectivity index (χ4n) is 1.91. The number of sulfone groups is 1. The van der Waals surface area contributed by atoms with Crippen LogP contribution in [0.3, 0.4) is 0 Å². The molecule has 20 heavy (non-hydrogen) atoms. The molecule has 0 aromatic rings. The first-order chi connectivity index (χ1) is 8.84. The highest BCUT2D eigenvalue weighted by Gasteiger charge is 2.28. The predicted molar refractivity (Wildman–Crippen MR) is 94.7 cm³/mol. The Morgan fingerprint density at radius 2 is 2.10 bits per heavy atom. The third-order valence-electron chi connectivity index (χ3n) is 3.44. The van der Waals surface area contributed by atoms with E-state index in [-0.39, 0.29) is 41.5 Å². The summed E-state index contributed by atoms with van der Waals surface area (Å²) in [4.78, 5) is 6.36. The van der Waals surface area contributed by atoms with E-state index in [1.54, 1.807) is 7.05 Å². The van der Waals surface area contributed by atoms with E-state index < -0.39 is 9.84 Å². The molecule has 1 heterocycles. The van der Waals surface area contributed by atoms with Crippen molar-refractivity contribution in [3.8, 4) is 0 Å². The van der Waals surface area contributed by atoms with Gasteiger partial charge in [-0.1, -0.05) is 0 Å². The van der Waals surface area contributed by atoms with Gasteiger partial charge in [-0.3, -0.25) is 4.99 Å². The summed E-state index contributed by atoms with van der Waals surface area (Å²) < 4.78 is 22.8. The molecule has 1 aliphatic rings. The molecule has 0 aromatic carbocycles. The smallest absolute Gasteiger partial charge is 0.191 e. The van der Waals surface area contributed by atoms with Crippen LogP contribution in [0, 0.1) is 0 Å². The van der Waals surface area contributed by atoms with Gasteiger partial charge in [0, 0.05) is 32.2 Å². The van der Waals surface area contributed by atoms with E-state index in [2.05, 4.69) is 41.4 Å². The molecule has 120 valence electrons. The van der Waals surface area contributed by atoms with Crippen molar-refractivity contribution >= 4 is 39.8 Å². The number of likely N-dealkylation sites (N-methyl/N-ethyl adjacent to an activating group) is 1. The van der Waals surface area contributed by atoms with Crippen LogP contribution in [0.2, 0.25) is 0 Å². The van der Waals surface area contributed by atoms with E-state index in [9.17, 15) is 8.42 Å². The summed E-state index contributed by atoms with van der Waals surface area (Å²) in [5, 5.41) is 6.38. The second kappa shape index (κ2) is 9.04. The molecule has 0 radical (unpaired) electrons. The van der Waals surface area contributed by atoms with Crippen LogP contribution in [0.4, 0.5) is 0 Å². The van der Waals surface area contributed by atoms with Gasteiger partial charge in [0.15, 0.2) is 15.8 Å². The Balaban J connectivity index is 0.00000361. The Kier molecular flexibility index (Phi) is 8.99. The third kappa shape index (κ3) is 7.07. The first kappa shape index (κ1) is 19.9. The number of nitrogens with zero attached hydrogens (tertiary/aromatic N) is 2. The van der Waals surface area contributed by atoms with Crippen LogP contribution in [-0.2, 0) is 9.84 Å². The predicted octanol–water partition coefficient (Wildman–Crippen LogP) is 0.297. The molecule has 1 rings (SSSR count). The molecular formula is C12H27IN4O2S. The highest BCUT2D eigenvalue weighted by atomic mass is 127. The monoisotopic (exact) mass is 418 g/mol. The molecule has 0 spiro atoms. The Morgan fingerprint density at radius 3 is 2.55 bits per heavy atom. The SMILES string of the molecule is CN=C(NCCN(C)C(C)C)NC1CCS(=O)(=O)C1.I. The van der Waals surface area contributed by atoms with Gasteiger partial charge in [0.05, 0.1) is 11.5 Å². The topological polar surface area (TPSA) is 73.8 Å². The fraction of sp³-hybridized carbons (Fsp3) is 0.917. The number of hydrogen-bond acceptors (Lipinski definition) is 4. The van der Waals surface area contributed by atoms with Crippen LogP contribution in [-0.4, -0.2) is 70.1 Å². The maximum absolute atomic E-state index is 11.4. The van der Waals surface area contributed by atoms with Crippen LogP contribution < -0.4 is 10.6 Å². The second-order valence-corrected chi connectivity index (χ2v) is 7.55. The molecule has 6 nitrogen and oxygen atoms in total. The van der Waals surface area contributed by atoms with Crippen molar-refractivity contribution in [3.05, 3.63) is 0 Å². The van der Waals surface area contributed by atoms with E-state index in [1.165, 1.54) is 0 Å². The molecule has 2 N–H and O–H groups in total. The summed E-state index contributed by atoms with van der Waals surface area (Å²) >= 11 is 0. The Bertz CT molecular complexity index is 412. The van der Waals surface area contributed by atoms with Crippen molar-refractivity contribution in [2.75, 3.05) is 38.7 Å². The molecule has 0 bridgehead atoms.